The van der Waals surface area contributed by atoms with E-state index >= 15 is 0 Å². The molecule has 0 atom stereocenters. The number of carbonyl (C=O) groups is 1. The van der Waals surface area contributed by atoms with Crippen molar-refractivity contribution in [3.63, 3.8) is 0 Å². The first-order valence-corrected chi connectivity index (χ1v) is 3.29. The van der Waals surface area contributed by atoms with Gasteiger partial charge in [0, 0.05) is 18.0 Å². The SMILES string of the molecule is [N-]=[N+]=NCCCNC(=O)CN. The molecule has 0 bridgehead atoms. The van der Waals surface area contributed by atoms with Crippen molar-refractivity contribution in [3.8, 4) is 0 Å². The van der Waals surface area contributed by atoms with Crippen LogP contribution in [0.5, 0.6) is 0 Å². The third kappa shape index (κ3) is 6.63. The van der Waals surface area contributed by atoms with Crippen LogP contribution in [-0.2, 0) is 4.79 Å². The van der Waals surface area contributed by atoms with Gasteiger partial charge in [0.15, 0.2) is 0 Å². The summed E-state index contributed by atoms with van der Waals surface area (Å²) in [4.78, 5) is 13.1. The summed E-state index contributed by atoms with van der Waals surface area (Å²) in [6, 6.07) is 0. The van der Waals surface area contributed by atoms with Crippen LogP contribution in [0.2, 0.25) is 0 Å². The van der Waals surface area contributed by atoms with Crippen molar-refractivity contribution in [3.05, 3.63) is 10.4 Å². The number of azide groups is 1. The molecule has 0 aliphatic heterocycles. The molecule has 62 valence electrons. The zero-order valence-corrected chi connectivity index (χ0v) is 6.16. The van der Waals surface area contributed by atoms with Gasteiger partial charge in [0.1, 0.15) is 0 Å². The highest BCUT2D eigenvalue weighted by molar-refractivity contribution is 5.77. The van der Waals surface area contributed by atoms with E-state index in [0.717, 1.165) is 0 Å². The van der Waals surface area contributed by atoms with Gasteiger partial charge in [-0.1, -0.05) is 5.11 Å². The Morgan fingerprint density at radius 3 is 3.00 bits per heavy atom. The fraction of sp³-hybridized carbons (Fsp3) is 0.800. The van der Waals surface area contributed by atoms with Gasteiger partial charge in [-0.25, -0.2) is 0 Å². The Morgan fingerprint density at radius 1 is 1.73 bits per heavy atom. The van der Waals surface area contributed by atoms with Crippen molar-refractivity contribution in [1.82, 2.24) is 5.32 Å². The third-order valence-corrected chi connectivity index (χ3v) is 1.01. The molecule has 11 heavy (non-hydrogen) atoms. The fourth-order valence-corrected chi connectivity index (χ4v) is 0.494. The van der Waals surface area contributed by atoms with Crippen molar-refractivity contribution in [2.75, 3.05) is 19.6 Å². The molecule has 0 radical (unpaired) electrons. The minimum absolute atomic E-state index is 0.00151. The molecule has 0 rings (SSSR count). The van der Waals surface area contributed by atoms with Crippen LogP contribution in [0.1, 0.15) is 6.42 Å². The second-order valence-electron chi connectivity index (χ2n) is 1.86. The van der Waals surface area contributed by atoms with Crippen molar-refractivity contribution in [2.24, 2.45) is 10.8 Å². The number of hydrogen-bond donors (Lipinski definition) is 2. The van der Waals surface area contributed by atoms with Crippen LogP contribution in [0.25, 0.3) is 10.4 Å². The molecule has 0 heterocycles. The normalized spacial score (nSPS) is 8.45. The largest absolute Gasteiger partial charge is 0.355 e. The number of amides is 1. The fourth-order valence-electron chi connectivity index (χ4n) is 0.494. The average molecular weight is 157 g/mol. The number of rotatable bonds is 5. The Morgan fingerprint density at radius 2 is 2.45 bits per heavy atom. The average Bonchev–Trinajstić information content (AvgIpc) is 2.04. The summed E-state index contributed by atoms with van der Waals surface area (Å²) >= 11 is 0. The van der Waals surface area contributed by atoms with E-state index < -0.39 is 0 Å². The highest BCUT2D eigenvalue weighted by Gasteiger charge is 1.93. The number of hydrogen-bond acceptors (Lipinski definition) is 3. The topological polar surface area (TPSA) is 104 Å². The first-order valence-electron chi connectivity index (χ1n) is 3.29. The van der Waals surface area contributed by atoms with Gasteiger partial charge >= 0.3 is 0 Å². The van der Waals surface area contributed by atoms with E-state index in [1.807, 2.05) is 0 Å². The van der Waals surface area contributed by atoms with Crippen LogP contribution in [0.3, 0.4) is 0 Å². The lowest BCUT2D eigenvalue weighted by molar-refractivity contribution is -0.119. The van der Waals surface area contributed by atoms with Gasteiger partial charge in [-0.2, -0.15) is 0 Å². The summed E-state index contributed by atoms with van der Waals surface area (Å²) in [5.41, 5.74) is 12.9. The Hall–Kier alpha value is -1.26. The quantitative estimate of drug-likeness (QED) is 0.249. The molecule has 0 aliphatic carbocycles. The summed E-state index contributed by atoms with van der Waals surface area (Å²) in [5, 5.41) is 5.84. The molecule has 0 aromatic carbocycles. The molecule has 0 saturated heterocycles. The van der Waals surface area contributed by atoms with E-state index in [9.17, 15) is 4.79 Å². The summed E-state index contributed by atoms with van der Waals surface area (Å²) in [6.07, 6.45) is 0.649. The second-order valence-corrected chi connectivity index (χ2v) is 1.86. The summed E-state index contributed by atoms with van der Waals surface area (Å²) < 4.78 is 0. The second kappa shape index (κ2) is 6.85. The van der Waals surface area contributed by atoms with Gasteiger partial charge in [-0.15, -0.1) is 0 Å². The molecular weight excluding hydrogens is 146 g/mol. The molecule has 0 aromatic heterocycles. The van der Waals surface area contributed by atoms with E-state index in [0.29, 0.717) is 19.5 Å². The molecule has 0 saturated carbocycles. The van der Waals surface area contributed by atoms with Crippen molar-refractivity contribution >= 4 is 5.91 Å². The first-order chi connectivity index (χ1) is 5.31. The van der Waals surface area contributed by atoms with Gasteiger partial charge in [-0.05, 0) is 12.0 Å². The Kier molecular flexibility index (Phi) is 6.07. The highest BCUT2D eigenvalue weighted by Crippen LogP contribution is 1.78. The molecule has 0 aromatic rings. The van der Waals surface area contributed by atoms with Crippen LogP contribution < -0.4 is 11.1 Å². The van der Waals surface area contributed by atoms with Crippen LogP contribution >= 0.6 is 0 Å². The maximum Gasteiger partial charge on any atom is 0.233 e. The number of nitrogens with one attached hydrogen (secondary N) is 1. The highest BCUT2D eigenvalue weighted by atomic mass is 16.1. The van der Waals surface area contributed by atoms with Gasteiger partial charge in [0.2, 0.25) is 5.91 Å². The smallest absolute Gasteiger partial charge is 0.233 e. The van der Waals surface area contributed by atoms with Crippen LogP contribution in [-0.4, -0.2) is 25.5 Å². The third-order valence-electron chi connectivity index (χ3n) is 1.01. The van der Waals surface area contributed by atoms with Crippen LogP contribution in [0.15, 0.2) is 5.11 Å². The molecule has 3 N–H and O–H groups in total. The minimum atomic E-state index is -0.189. The van der Waals surface area contributed by atoms with Crippen molar-refractivity contribution in [2.45, 2.75) is 6.42 Å². The predicted octanol–water partition coefficient (Wildman–Crippen LogP) is -0.238. The Balaban J connectivity index is 3.14. The van der Waals surface area contributed by atoms with Crippen LogP contribution in [0.4, 0.5) is 0 Å². The van der Waals surface area contributed by atoms with E-state index in [4.69, 9.17) is 11.3 Å². The number of nitrogens with two attached hydrogens (primary N) is 1. The molecular formula is C5H11N5O. The zero-order valence-electron chi connectivity index (χ0n) is 6.16. The minimum Gasteiger partial charge on any atom is -0.355 e. The van der Waals surface area contributed by atoms with Gasteiger partial charge in [0.05, 0.1) is 6.54 Å². The summed E-state index contributed by atoms with van der Waals surface area (Å²) in [5.74, 6) is -0.189. The van der Waals surface area contributed by atoms with E-state index in [2.05, 4.69) is 15.3 Å². The molecule has 0 unspecified atom stereocenters. The molecule has 0 spiro atoms. The van der Waals surface area contributed by atoms with Gasteiger partial charge < -0.3 is 11.1 Å². The molecule has 0 fully saturated rings. The van der Waals surface area contributed by atoms with Crippen molar-refractivity contribution < 1.29 is 4.79 Å². The maximum absolute atomic E-state index is 10.5. The lowest BCUT2D eigenvalue weighted by atomic mass is 10.4. The van der Waals surface area contributed by atoms with E-state index in [1.165, 1.54) is 0 Å². The lowest BCUT2D eigenvalue weighted by Gasteiger charge is -1.99. The van der Waals surface area contributed by atoms with Crippen molar-refractivity contribution in [1.29, 1.82) is 0 Å². The first kappa shape index (κ1) is 9.74. The zero-order chi connectivity index (χ0) is 8.53. The summed E-state index contributed by atoms with van der Waals surface area (Å²) in [7, 11) is 0. The molecule has 6 heteroatoms. The van der Waals surface area contributed by atoms with Gasteiger partial charge in [0.25, 0.3) is 0 Å². The molecule has 6 nitrogen and oxygen atoms in total. The maximum atomic E-state index is 10.5. The lowest BCUT2D eigenvalue weighted by Crippen LogP contribution is -2.31. The van der Waals surface area contributed by atoms with Crippen LogP contribution in [0, 0.1) is 0 Å². The molecule has 0 aliphatic rings. The Labute approximate surface area is 64.4 Å². The number of carbonyl (C=O) groups excluding carboxylic acids is 1. The van der Waals surface area contributed by atoms with E-state index in [-0.39, 0.29) is 12.5 Å². The number of nitrogens with zero attached hydrogens (tertiary/aromatic N) is 3. The summed E-state index contributed by atoms with van der Waals surface area (Å²) in [6.45, 7) is 0.915. The van der Waals surface area contributed by atoms with Gasteiger partial charge in [-0.3, -0.25) is 4.79 Å². The monoisotopic (exact) mass is 157 g/mol. The molecule has 1 amide bonds. The predicted molar refractivity (Wildman–Crippen MR) is 40.7 cm³/mol. The van der Waals surface area contributed by atoms with E-state index in [1.54, 1.807) is 0 Å². The Bertz CT molecular complexity index is 162. The standard InChI is InChI=1S/C5H11N5O/c6-4-5(11)8-2-1-3-9-10-7/h1-4,6H2,(H,8,11).